The lowest BCUT2D eigenvalue weighted by Gasteiger charge is -2.06. The van der Waals surface area contributed by atoms with Gasteiger partial charge in [-0.3, -0.25) is 0 Å². The minimum absolute atomic E-state index is 0.165. The van der Waals surface area contributed by atoms with Gasteiger partial charge in [0.15, 0.2) is 5.11 Å². The molecule has 13 heavy (non-hydrogen) atoms. The number of nitrogens with one attached hydrogen (secondary N) is 1. The van der Waals surface area contributed by atoms with Gasteiger partial charge in [0, 0.05) is 5.69 Å². The summed E-state index contributed by atoms with van der Waals surface area (Å²) in [5, 5.41) is 2.89. The fraction of sp³-hybridized carbons (Fsp3) is 0.125. The molecule has 0 aliphatic rings. The van der Waals surface area contributed by atoms with E-state index in [4.69, 9.17) is 5.73 Å². The number of hydrogen-bond acceptors (Lipinski definition) is 1. The average Bonchev–Trinajstić information content (AvgIpc) is 1.98. The Morgan fingerprint density at radius 1 is 1.62 bits per heavy atom. The number of benzene rings is 1. The Morgan fingerprint density at radius 3 is 2.69 bits per heavy atom. The molecule has 0 atom stereocenters. The van der Waals surface area contributed by atoms with Crippen molar-refractivity contribution in [2.75, 3.05) is 5.32 Å². The van der Waals surface area contributed by atoms with E-state index in [1.165, 1.54) is 0 Å². The van der Waals surface area contributed by atoms with Crippen molar-refractivity contribution in [3.05, 3.63) is 28.0 Å². The largest absolute Gasteiger partial charge is 0.376 e. The highest BCUT2D eigenvalue weighted by Crippen LogP contribution is 2.23. The lowest BCUT2D eigenvalue weighted by molar-refractivity contribution is 0.612. The standard InChI is InChI=1S/C8H8BrFN2S/c1-4-2-5(12-8(11)13)3-6(9)7(4)10/h2-3H,1H3,(H3,11,12,13). The average molecular weight is 263 g/mol. The maximum absolute atomic E-state index is 13.1. The summed E-state index contributed by atoms with van der Waals surface area (Å²) in [5.41, 5.74) is 6.49. The van der Waals surface area contributed by atoms with Crippen LogP contribution in [0.4, 0.5) is 10.1 Å². The molecule has 5 heteroatoms. The predicted molar refractivity (Wildman–Crippen MR) is 59.2 cm³/mol. The molecule has 0 aromatic heterocycles. The van der Waals surface area contributed by atoms with Crippen molar-refractivity contribution in [3.8, 4) is 0 Å². The molecule has 0 aliphatic heterocycles. The molecule has 0 radical (unpaired) electrons. The molecule has 1 aromatic carbocycles. The molecule has 0 amide bonds. The Kier molecular flexibility index (Phi) is 3.22. The van der Waals surface area contributed by atoms with Crippen LogP contribution in [-0.4, -0.2) is 5.11 Å². The highest BCUT2D eigenvalue weighted by atomic mass is 79.9. The molecule has 0 saturated carbocycles. The van der Waals surface area contributed by atoms with Crippen LogP contribution < -0.4 is 11.1 Å². The van der Waals surface area contributed by atoms with E-state index in [0.29, 0.717) is 15.7 Å². The number of anilines is 1. The highest BCUT2D eigenvalue weighted by Gasteiger charge is 2.05. The van der Waals surface area contributed by atoms with Crippen molar-refractivity contribution in [3.63, 3.8) is 0 Å². The van der Waals surface area contributed by atoms with Gasteiger partial charge in [0.05, 0.1) is 4.47 Å². The van der Waals surface area contributed by atoms with Gasteiger partial charge in [0.25, 0.3) is 0 Å². The first-order chi connectivity index (χ1) is 6.00. The normalized spacial score (nSPS) is 9.77. The topological polar surface area (TPSA) is 38.0 Å². The van der Waals surface area contributed by atoms with E-state index in [1.807, 2.05) is 0 Å². The number of nitrogens with two attached hydrogens (primary N) is 1. The van der Waals surface area contributed by atoms with Gasteiger partial charge in [-0.15, -0.1) is 0 Å². The zero-order chi connectivity index (χ0) is 10.0. The summed E-state index contributed by atoms with van der Waals surface area (Å²) < 4.78 is 13.5. The molecule has 0 aliphatic carbocycles. The molecular weight excluding hydrogens is 255 g/mol. The lowest BCUT2D eigenvalue weighted by atomic mass is 10.2. The molecule has 0 saturated heterocycles. The molecule has 0 fully saturated rings. The van der Waals surface area contributed by atoms with Crippen LogP contribution in [0.25, 0.3) is 0 Å². The van der Waals surface area contributed by atoms with Crippen LogP contribution >= 0.6 is 28.1 Å². The van der Waals surface area contributed by atoms with Gasteiger partial charge in [-0.2, -0.15) is 0 Å². The molecule has 70 valence electrons. The number of aryl methyl sites for hydroxylation is 1. The summed E-state index contributed by atoms with van der Waals surface area (Å²) >= 11 is 7.74. The first kappa shape index (κ1) is 10.4. The van der Waals surface area contributed by atoms with E-state index < -0.39 is 0 Å². The quantitative estimate of drug-likeness (QED) is 0.765. The van der Waals surface area contributed by atoms with Gasteiger partial charge >= 0.3 is 0 Å². The van der Waals surface area contributed by atoms with E-state index in [9.17, 15) is 4.39 Å². The third kappa shape index (κ3) is 2.63. The Bertz CT molecular complexity index is 331. The number of halogens is 2. The SMILES string of the molecule is Cc1cc(NC(N)=S)cc(Br)c1F. The van der Waals surface area contributed by atoms with Gasteiger partial charge < -0.3 is 11.1 Å². The zero-order valence-corrected chi connectivity index (χ0v) is 9.30. The van der Waals surface area contributed by atoms with E-state index in [0.717, 1.165) is 0 Å². The van der Waals surface area contributed by atoms with Crippen molar-refractivity contribution in [2.24, 2.45) is 5.73 Å². The molecule has 0 spiro atoms. The molecule has 1 rings (SSSR count). The van der Waals surface area contributed by atoms with Crippen molar-refractivity contribution in [1.82, 2.24) is 0 Å². The third-order valence-corrected chi connectivity index (χ3v) is 2.16. The second-order valence-corrected chi connectivity index (χ2v) is 3.87. The van der Waals surface area contributed by atoms with Gasteiger partial charge in [-0.25, -0.2) is 4.39 Å². The highest BCUT2D eigenvalue weighted by molar-refractivity contribution is 9.10. The number of rotatable bonds is 1. The first-order valence-corrected chi connectivity index (χ1v) is 4.73. The Hall–Kier alpha value is -0.680. The first-order valence-electron chi connectivity index (χ1n) is 3.53. The second kappa shape index (κ2) is 4.02. The Morgan fingerprint density at radius 2 is 2.23 bits per heavy atom. The zero-order valence-electron chi connectivity index (χ0n) is 6.90. The molecule has 1 aromatic rings. The molecule has 3 N–H and O–H groups in total. The number of thiocarbonyl (C=S) groups is 1. The van der Waals surface area contributed by atoms with Crippen LogP contribution in [0, 0.1) is 12.7 Å². The second-order valence-electron chi connectivity index (χ2n) is 2.58. The molecule has 0 heterocycles. The third-order valence-electron chi connectivity index (χ3n) is 1.48. The fourth-order valence-electron chi connectivity index (χ4n) is 0.941. The van der Waals surface area contributed by atoms with Gasteiger partial charge in [-0.05, 0) is 52.8 Å². The Balaban J connectivity index is 3.06. The van der Waals surface area contributed by atoms with Crippen LogP contribution in [0.1, 0.15) is 5.56 Å². The van der Waals surface area contributed by atoms with Crippen LogP contribution in [0.2, 0.25) is 0 Å². The molecule has 0 unspecified atom stereocenters. The summed E-state index contributed by atoms with van der Waals surface area (Å²) in [6, 6.07) is 3.22. The van der Waals surface area contributed by atoms with Gasteiger partial charge in [0.1, 0.15) is 5.82 Å². The maximum atomic E-state index is 13.1. The van der Waals surface area contributed by atoms with Crippen LogP contribution in [-0.2, 0) is 0 Å². The molecular formula is C8H8BrFN2S. The van der Waals surface area contributed by atoms with Crippen molar-refractivity contribution < 1.29 is 4.39 Å². The van der Waals surface area contributed by atoms with Crippen molar-refractivity contribution >= 4 is 38.9 Å². The summed E-state index contributed by atoms with van der Waals surface area (Å²) in [5.74, 6) is -0.270. The van der Waals surface area contributed by atoms with Crippen molar-refractivity contribution in [1.29, 1.82) is 0 Å². The Labute approximate surface area is 89.4 Å². The lowest BCUT2D eigenvalue weighted by Crippen LogP contribution is -2.19. The van der Waals surface area contributed by atoms with Crippen LogP contribution in [0.3, 0.4) is 0 Å². The summed E-state index contributed by atoms with van der Waals surface area (Å²) in [4.78, 5) is 0. The maximum Gasteiger partial charge on any atom is 0.168 e. The van der Waals surface area contributed by atoms with E-state index in [2.05, 4.69) is 33.5 Å². The number of hydrogen-bond donors (Lipinski definition) is 2. The molecule has 2 nitrogen and oxygen atoms in total. The predicted octanol–water partition coefficient (Wildman–Crippen LogP) is 2.55. The van der Waals surface area contributed by atoms with Crippen molar-refractivity contribution in [2.45, 2.75) is 6.92 Å². The van der Waals surface area contributed by atoms with Crippen LogP contribution in [0.5, 0.6) is 0 Å². The van der Waals surface area contributed by atoms with Crippen LogP contribution in [0.15, 0.2) is 16.6 Å². The minimum atomic E-state index is -0.270. The smallest absolute Gasteiger partial charge is 0.168 e. The molecule has 0 bridgehead atoms. The fourth-order valence-corrected chi connectivity index (χ4v) is 1.62. The van der Waals surface area contributed by atoms with E-state index >= 15 is 0 Å². The summed E-state index contributed by atoms with van der Waals surface area (Å²) in [6.07, 6.45) is 0. The van der Waals surface area contributed by atoms with Gasteiger partial charge in [0.2, 0.25) is 0 Å². The van der Waals surface area contributed by atoms with E-state index in [-0.39, 0.29) is 10.9 Å². The van der Waals surface area contributed by atoms with Gasteiger partial charge in [-0.1, -0.05) is 0 Å². The minimum Gasteiger partial charge on any atom is -0.376 e. The summed E-state index contributed by atoms with van der Waals surface area (Å²) in [6.45, 7) is 1.67. The summed E-state index contributed by atoms with van der Waals surface area (Å²) in [7, 11) is 0. The van der Waals surface area contributed by atoms with E-state index in [1.54, 1.807) is 19.1 Å². The monoisotopic (exact) mass is 262 g/mol.